The summed E-state index contributed by atoms with van der Waals surface area (Å²) in [6, 6.07) is 7.71. The third-order valence-electron chi connectivity index (χ3n) is 2.95. The summed E-state index contributed by atoms with van der Waals surface area (Å²) in [6.45, 7) is 9.27. The Morgan fingerprint density at radius 2 is 1.92 bits per heavy atom. The van der Waals surface area contributed by atoms with Gasteiger partial charge in [-0.2, -0.15) is 0 Å². The number of nitrogens with one attached hydrogen (secondary N) is 2. The monoisotopic (exact) mass is 466 g/mol. The summed E-state index contributed by atoms with van der Waals surface area (Å²) in [5.41, 5.74) is 0.760. The van der Waals surface area contributed by atoms with E-state index in [2.05, 4.69) is 15.6 Å². The lowest BCUT2D eigenvalue weighted by atomic mass is 10.1. The highest BCUT2D eigenvalue weighted by molar-refractivity contribution is 14.0. The highest BCUT2D eigenvalue weighted by Gasteiger charge is 2.14. The molecule has 0 aliphatic rings. The second-order valence-electron chi connectivity index (χ2n) is 6.42. The molecule has 0 fully saturated rings. The number of hydrogen-bond donors (Lipinski definition) is 2. The maximum absolute atomic E-state index is 11.9. The third kappa shape index (κ3) is 8.73. The molecule has 1 rings (SSSR count). The van der Waals surface area contributed by atoms with E-state index in [9.17, 15) is 4.79 Å². The van der Waals surface area contributed by atoms with Crippen molar-refractivity contribution in [1.82, 2.24) is 15.5 Å². The van der Waals surface area contributed by atoms with Crippen LogP contribution in [-0.4, -0.2) is 42.4 Å². The average Bonchev–Trinajstić information content (AvgIpc) is 2.44. The minimum absolute atomic E-state index is 0. The van der Waals surface area contributed by atoms with Gasteiger partial charge in [-0.15, -0.1) is 24.0 Å². The van der Waals surface area contributed by atoms with Crippen molar-refractivity contribution in [2.45, 2.75) is 39.8 Å². The normalized spacial score (nSPS) is 11.5. The molecular weight excluding hydrogens is 439 g/mol. The van der Waals surface area contributed by atoms with Crippen molar-refractivity contribution < 1.29 is 4.79 Å². The number of aliphatic imine (C=N–C) groups is 1. The van der Waals surface area contributed by atoms with Crippen molar-refractivity contribution in [3.8, 4) is 0 Å². The Morgan fingerprint density at radius 3 is 2.46 bits per heavy atom. The lowest BCUT2D eigenvalue weighted by molar-refractivity contribution is -0.121. The average molecular weight is 467 g/mol. The maximum atomic E-state index is 11.9. The maximum Gasteiger partial charge on any atom is 0.242 e. The van der Waals surface area contributed by atoms with Crippen molar-refractivity contribution >= 4 is 47.4 Å². The van der Waals surface area contributed by atoms with Gasteiger partial charge in [-0.3, -0.25) is 4.79 Å². The van der Waals surface area contributed by atoms with Gasteiger partial charge in [0.05, 0.1) is 0 Å². The van der Waals surface area contributed by atoms with Crippen LogP contribution in [0, 0.1) is 0 Å². The second-order valence-corrected chi connectivity index (χ2v) is 6.82. The van der Waals surface area contributed by atoms with Crippen molar-refractivity contribution in [2.24, 2.45) is 4.99 Å². The number of halogens is 2. The summed E-state index contributed by atoms with van der Waals surface area (Å²) >= 11 is 6.20. The molecule has 2 N–H and O–H groups in total. The third-order valence-corrected chi connectivity index (χ3v) is 3.32. The van der Waals surface area contributed by atoms with Crippen LogP contribution < -0.4 is 10.6 Å². The van der Waals surface area contributed by atoms with E-state index in [4.69, 9.17) is 11.6 Å². The molecule has 0 aromatic heterocycles. The van der Waals surface area contributed by atoms with Crippen LogP contribution in [0.5, 0.6) is 0 Å². The number of benzene rings is 1. The van der Waals surface area contributed by atoms with E-state index in [1.54, 1.807) is 0 Å². The fourth-order valence-corrected chi connectivity index (χ4v) is 2.23. The zero-order chi connectivity index (χ0) is 17.5. The zero-order valence-electron chi connectivity index (χ0n) is 15.0. The molecule has 5 nitrogen and oxygen atoms in total. The Bertz CT molecular complexity index is 558. The predicted octanol–water partition coefficient (Wildman–Crippen LogP) is 3.27. The van der Waals surface area contributed by atoms with Crippen LogP contribution in [0.15, 0.2) is 29.3 Å². The Morgan fingerprint density at radius 1 is 1.29 bits per heavy atom. The van der Waals surface area contributed by atoms with Crippen LogP contribution >= 0.6 is 35.6 Å². The summed E-state index contributed by atoms with van der Waals surface area (Å²) in [7, 11) is 1.92. The van der Waals surface area contributed by atoms with Gasteiger partial charge in [-0.1, -0.05) is 29.8 Å². The lowest BCUT2D eigenvalue weighted by Gasteiger charge is -2.23. The largest absolute Gasteiger partial charge is 0.357 e. The number of carbonyl (C=O) groups is 1. The van der Waals surface area contributed by atoms with Crippen LogP contribution in [0.25, 0.3) is 0 Å². The number of amides is 1. The second kappa shape index (κ2) is 10.8. The molecule has 1 aromatic carbocycles. The highest BCUT2D eigenvalue weighted by atomic mass is 127. The quantitative estimate of drug-likeness (QED) is 0.398. The van der Waals surface area contributed by atoms with Crippen LogP contribution in [-0.2, 0) is 11.3 Å². The van der Waals surface area contributed by atoms with Gasteiger partial charge in [0, 0.05) is 30.7 Å². The van der Waals surface area contributed by atoms with Gasteiger partial charge in [0.1, 0.15) is 6.54 Å². The predicted molar refractivity (Wildman–Crippen MR) is 112 cm³/mol. The molecule has 0 unspecified atom stereocenters. The number of nitrogens with zero attached hydrogens (tertiary/aromatic N) is 2. The van der Waals surface area contributed by atoms with Crippen LogP contribution in [0.1, 0.15) is 33.3 Å². The summed E-state index contributed by atoms with van der Waals surface area (Å²) in [5, 5.41) is 6.82. The molecule has 0 saturated heterocycles. The smallest absolute Gasteiger partial charge is 0.242 e. The van der Waals surface area contributed by atoms with E-state index in [0.29, 0.717) is 12.5 Å². The van der Waals surface area contributed by atoms with Crippen LogP contribution in [0.2, 0.25) is 5.02 Å². The zero-order valence-corrected chi connectivity index (χ0v) is 18.1. The molecule has 0 atom stereocenters. The van der Waals surface area contributed by atoms with Gasteiger partial charge in [-0.25, -0.2) is 4.99 Å². The topological polar surface area (TPSA) is 56.7 Å². The number of carbonyl (C=O) groups excluding carboxylic acids is 1. The van der Waals surface area contributed by atoms with E-state index in [0.717, 1.165) is 17.1 Å². The lowest BCUT2D eigenvalue weighted by Crippen LogP contribution is -2.43. The first-order valence-corrected chi connectivity index (χ1v) is 8.14. The number of rotatable bonds is 5. The Kier molecular flexibility index (Phi) is 10.3. The molecule has 136 valence electrons. The Hall–Kier alpha value is -1.02. The minimum Gasteiger partial charge on any atom is -0.357 e. The van der Waals surface area contributed by atoms with E-state index >= 15 is 0 Å². The van der Waals surface area contributed by atoms with Crippen molar-refractivity contribution in [3.63, 3.8) is 0 Å². The number of hydrogen-bond acceptors (Lipinski definition) is 2. The summed E-state index contributed by atoms with van der Waals surface area (Å²) < 4.78 is 0. The van der Waals surface area contributed by atoms with E-state index in [1.807, 2.05) is 63.9 Å². The van der Waals surface area contributed by atoms with Crippen molar-refractivity contribution in [2.75, 3.05) is 20.1 Å². The van der Waals surface area contributed by atoms with Gasteiger partial charge < -0.3 is 15.5 Å². The van der Waals surface area contributed by atoms with Gasteiger partial charge in [0.15, 0.2) is 5.96 Å². The number of guanidine groups is 1. The van der Waals surface area contributed by atoms with Gasteiger partial charge >= 0.3 is 0 Å². The fourth-order valence-electron chi connectivity index (χ4n) is 2.03. The summed E-state index contributed by atoms with van der Waals surface area (Å²) in [4.78, 5) is 18.3. The highest BCUT2D eigenvalue weighted by Crippen LogP contribution is 2.16. The van der Waals surface area contributed by atoms with Crippen LogP contribution in [0.3, 0.4) is 0 Å². The Balaban J connectivity index is 0.00000529. The molecule has 1 aromatic rings. The van der Waals surface area contributed by atoms with Gasteiger partial charge in [-0.05, 0) is 39.3 Å². The van der Waals surface area contributed by atoms with Crippen molar-refractivity contribution in [3.05, 3.63) is 34.9 Å². The molecule has 1 amide bonds. The summed E-state index contributed by atoms with van der Waals surface area (Å²) in [5.74, 6) is 0.579. The molecule has 7 heteroatoms. The Labute approximate surface area is 167 Å². The fraction of sp³-hybridized carbons (Fsp3) is 0.529. The molecule has 24 heavy (non-hydrogen) atoms. The SMILES string of the molecule is CCNC(=NCC(=O)NC(C)(C)C)N(C)Cc1ccccc1Cl.I. The molecular formula is C17H28ClIN4O. The molecule has 0 bridgehead atoms. The van der Waals surface area contributed by atoms with Crippen LogP contribution in [0.4, 0.5) is 0 Å². The first kappa shape index (κ1) is 23.0. The van der Waals surface area contributed by atoms with E-state index in [-0.39, 0.29) is 42.0 Å². The van der Waals surface area contributed by atoms with E-state index in [1.165, 1.54) is 0 Å². The molecule has 0 spiro atoms. The first-order chi connectivity index (χ1) is 10.7. The standard InChI is InChI=1S/C17H27ClN4O.HI/c1-6-19-16(20-11-15(23)21-17(2,3)4)22(5)12-13-9-7-8-10-14(13)18;/h7-10H,6,11-12H2,1-5H3,(H,19,20)(H,21,23);1H. The molecule has 0 aliphatic carbocycles. The summed E-state index contributed by atoms with van der Waals surface area (Å²) in [6.07, 6.45) is 0. The molecule has 0 saturated carbocycles. The minimum atomic E-state index is -0.256. The van der Waals surface area contributed by atoms with Crippen molar-refractivity contribution in [1.29, 1.82) is 0 Å². The van der Waals surface area contributed by atoms with Gasteiger partial charge in [0.2, 0.25) is 5.91 Å². The molecule has 0 heterocycles. The molecule has 0 radical (unpaired) electrons. The van der Waals surface area contributed by atoms with E-state index < -0.39 is 0 Å². The van der Waals surface area contributed by atoms with Gasteiger partial charge in [0.25, 0.3) is 0 Å². The molecule has 0 aliphatic heterocycles. The first-order valence-electron chi connectivity index (χ1n) is 7.77.